The molecule has 2 rings (SSSR count). The molecule has 0 amide bonds. The largest absolute Gasteiger partial charge is 0.386 e. The quantitative estimate of drug-likeness (QED) is 0.662. The topological polar surface area (TPSA) is 110 Å². The second-order valence-electron chi connectivity index (χ2n) is 5.05. The van der Waals surface area contributed by atoms with Crippen LogP contribution in [-0.4, -0.2) is 50.6 Å². The summed E-state index contributed by atoms with van der Waals surface area (Å²) in [7, 11) is 1.35. The number of methoxy groups -OCH3 is 1. The summed E-state index contributed by atoms with van der Waals surface area (Å²) in [6.07, 6.45) is 1.45. The first kappa shape index (κ1) is 18.5. The number of fused-ring (bicyclic) bond motifs is 1. The average molecular weight is 352 g/mol. The van der Waals surface area contributed by atoms with Gasteiger partial charge in [0, 0.05) is 24.4 Å². The lowest BCUT2D eigenvalue weighted by molar-refractivity contribution is -0.0982. The number of hydrogen-bond donors (Lipinski definition) is 2. The normalized spacial score (nSPS) is 15.7. The van der Waals surface area contributed by atoms with E-state index >= 15 is 0 Å². The van der Waals surface area contributed by atoms with Gasteiger partial charge in [-0.2, -0.15) is 4.91 Å². The number of ether oxygens (including phenoxy) is 1. The van der Waals surface area contributed by atoms with Crippen LogP contribution >= 0.6 is 11.8 Å². The Bertz CT molecular complexity index is 706. The molecule has 0 aliphatic heterocycles. The fraction of sp³-hybridized carbons (Fsp3) is 0.467. The first-order valence-electron chi connectivity index (χ1n) is 7.35. The van der Waals surface area contributed by atoms with E-state index in [-0.39, 0.29) is 6.54 Å². The van der Waals surface area contributed by atoms with E-state index in [1.165, 1.54) is 18.0 Å². The summed E-state index contributed by atoms with van der Waals surface area (Å²) in [5.41, 5.74) is 1.34. The number of allylic oxidation sites excluding steroid dienone is 1. The second-order valence-corrected chi connectivity index (χ2v) is 5.95. The van der Waals surface area contributed by atoms with Gasteiger partial charge in [0.25, 0.3) is 0 Å². The van der Waals surface area contributed by atoms with Crippen molar-refractivity contribution in [1.82, 2.24) is 14.5 Å². The smallest absolute Gasteiger partial charge is 0.160 e. The van der Waals surface area contributed by atoms with Crippen LogP contribution in [0.4, 0.5) is 0 Å². The van der Waals surface area contributed by atoms with Gasteiger partial charge in [0.15, 0.2) is 6.23 Å². The third-order valence-corrected chi connectivity index (χ3v) is 4.48. The molecule has 2 aromatic rings. The molecule has 130 valence electrons. The fourth-order valence-corrected chi connectivity index (χ4v) is 3.00. The van der Waals surface area contributed by atoms with Crippen molar-refractivity contribution in [3.05, 3.63) is 40.7 Å². The summed E-state index contributed by atoms with van der Waals surface area (Å²) in [6, 6.07) is 1.79. The monoisotopic (exact) mass is 352 g/mol. The zero-order valence-corrected chi connectivity index (χ0v) is 14.3. The molecule has 3 atom stereocenters. The number of hydrogen-bond acceptors (Lipinski definition) is 8. The fourth-order valence-electron chi connectivity index (χ4n) is 2.33. The first-order valence-corrected chi connectivity index (χ1v) is 8.40. The number of aromatic nitrogens is 3. The number of aliphatic hydroxyl groups excluding tert-OH is 2. The van der Waals surface area contributed by atoms with Gasteiger partial charge in [0.2, 0.25) is 0 Å². The van der Waals surface area contributed by atoms with E-state index in [1.807, 2.05) is 18.4 Å². The molecule has 2 N–H and O–H groups in total. The zero-order chi connectivity index (χ0) is 17.5. The van der Waals surface area contributed by atoms with Crippen LogP contribution in [0.1, 0.15) is 18.8 Å². The van der Waals surface area contributed by atoms with Crippen molar-refractivity contribution >= 4 is 22.8 Å². The maximum Gasteiger partial charge on any atom is 0.160 e. The molecule has 0 aliphatic rings. The third kappa shape index (κ3) is 3.99. The molecule has 0 fully saturated rings. The van der Waals surface area contributed by atoms with Crippen LogP contribution in [0, 0.1) is 4.91 Å². The van der Waals surface area contributed by atoms with Crippen molar-refractivity contribution in [2.75, 3.05) is 13.7 Å². The minimum absolute atomic E-state index is 0.256. The number of aliphatic hydroxyl groups is 2. The third-order valence-electron chi connectivity index (χ3n) is 3.57. The molecule has 8 nitrogen and oxygen atoms in total. The van der Waals surface area contributed by atoms with Crippen LogP contribution in [0.5, 0.6) is 0 Å². The Balaban J connectivity index is 2.29. The van der Waals surface area contributed by atoms with Crippen molar-refractivity contribution in [1.29, 1.82) is 0 Å². The summed E-state index contributed by atoms with van der Waals surface area (Å²) in [5, 5.41) is 26.1. The summed E-state index contributed by atoms with van der Waals surface area (Å²) in [5.74, 6) is 0.668. The Labute approximate surface area is 143 Å². The highest BCUT2D eigenvalue weighted by molar-refractivity contribution is 8.01. The maximum absolute atomic E-state index is 10.4. The molecular weight excluding hydrogens is 332 g/mol. The van der Waals surface area contributed by atoms with Gasteiger partial charge in [-0.3, -0.25) is 0 Å². The number of thioether (sulfide) groups is 1. The molecule has 0 saturated carbocycles. The van der Waals surface area contributed by atoms with Crippen LogP contribution in [0.3, 0.4) is 0 Å². The molecule has 0 bridgehead atoms. The second kappa shape index (κ2) is 8.88. The van der Waals surface area contributed by atoms with Gasteiger partial charge in [-0.15, -0.1) is 11.8 Å². The highest BCUT2D eigenvalue weighted by Gasteiger charge is 2.29. The molecule has 0 aliphatic carbocycles. The first-order chi connectivity index (χ1) is 11.6. The summed E-state index contributed by atoms with van der Waals surface area (Å²) in [4.78, 5) is 18.9. The Kier molecular flexibility index (Phi) is 6.85. The van der Waals surface area contributed by atoms with Gasteiger partial charge in [-0.05, 0) is 18.4 Å². The maximum atomic E-state index is 10.4. The predicted molar refractivity (Wildman–Crippen MR) is 92.4 cm³/mol. The molecule has 0 saturated heterocycles. The minimum atomic E-state index is -1.32. The van der Waals surface area contributed by atoms with E-state index in [1.54, 1.807) is 24.0 Å². The summed E-state index contributed by atoms with van der Waals surface area (Å²) < 4.78 is 6.45. The lowest BCUT2D eigenvalue weighted by Gasteiger charge is -2.25. The van der Waals surface area contributed by atoms with E-state index in [4.69, 9.17) is 4.74 Å². The number of nitroso groups, excluding NO2 is 1. The molecule has 24 heavy (non-hydrogen) atoms. The van der Waals surface area contributed by atoms with Crippen molar-refractivity contribution in [3.63, 3.8) is 0 Å². The van der Waals surface area contributed by atoms with Crippen LogP contribution in [0.2, 0.25) is 0 Å². The van der Waals surface area contributed by atoms with Crippen molar-refractivity contribution < 1.29 is 14.9 Å². The summed E-state index contributed by atoms with van der Waals surface area (Å²) >= 11 is 1.60. The van der Waals surface area contributed by atoms with E-state index in [2.05, 4.69) is 15.1 Å². The van der Waals surface area contributed by atoms with Crippen molar-refractivity contribution in [3.8, 4) is 0 Å². The van der Waals surface area contributed by atoms with E-state index in [0.717, 1.165) is 11.1 Å². The predicted octanol–water partition coefficient (Wildman–Crippen LogP) is 1.83. The zero-order valence-electron chi connectivity index (χ0n) is 13.4. The molecular formula is C15H20N4O4S. The summed E-state index contributed by atoms with van der Waals surface area (Å²) in [6.45, 7) is 1.69. The highest BCUT2D eigenvalue weighted by Crippen LogP contribution is 2.25. The van der Waals surface area contributed by atoms with Crippen LogP contribution < -0.4 is 0 Å². The molecule has 0 spiro atoms. The lowest BCUT2D eigenvalue weighted by atomic mass is 10.1. The molecule has 1 unspecified atom stereocenters. The highest BCUT2D eigenvalue weighted by atomic mass is 32.2. The molecule has 2 heterocycles. The minimum Gasteiger partial charge on any atom is -0.386 e. The Morgan fingerprint density at radius 1 is 1.46 bits per heavy atom. The Morgan fingerprint density at radius 2 is 2.25 bits per heavy atom. The number of rotatable bonds is 9. The van der Waals surface area contributed by atoms with Gasteiger partial charge in [-0.25, -0.2) is 9.97 Å². The van der Waals surface area contributed by atoms with Gasteiger partial charge >= 0.3 is 0 Å². The van der Waals surface area contributed by atoms with Gasteiger partial charge in [0.1, 0.15) is 30.7 Å². The molecule has 0 aromatic carbocycles. The van der Waals surface area contributed by atoms with Crippen LogP contribution in [0.25, 0.3) is 11.0 Å². The van der Waals surface area contributed by atoms with E-state index in [9.17, 15) is 15.1 Å². The van der Waals surface area contributed by atoms with Gasteiger partial charge < -0.3 is 19.5 Å². The van der Waals surface area contributed by atoms with E-state index < -0.39 is 18.4 Å². The molecule has 2 aromatic heterocycles. The standard InChI is InChI=1S/C15H20N4O4S/c1-3-6-24-8-11-10-4-5-19(14(10)17-9-16-11)15(21)13(20)12(23-2)7-18-22/h3-6,9,12-13,15,20-21H,7-8H2,1-2H3/b6-3-/t12?,13-,15-/m1/s1. The van der Waals surface area contributed by atoms with Crippen molar-refractivity contribution in [2.24, 2.45) is 5.18 Å². The molecule has 0 radical (unpaired) electrons. The Hall–Kier alpha value is -1.81. The molecule has 9 heteroatoms. The average Bonchev–Trinajstić information content (AvgIpc) is 3.03. The number of nitrogens with zero attached hydrogens (tertiary/aromatic N) is 4. The van der Waals surface area contributed by atoms with Gasteiger partial charge in [0.05, 0.1) is 5.69 Å². The van der Waals surface area contributed by atoms with Gasteiger partial charge in [-0.1, -0.05) is 11.3 Å². The SMILES string of the molecule is C/C=C\SCc1ncnc2c1ccn2[C@H](O)[C@H](O)C(CN=O)OC. The Morgan fingerprint density at radius 3 is 2.92 bits per heavy atom. The lowest BCUT2D eigenvalue weighted by Crippen LogP contribution is -2.38. The van der Waals surface area contributed by atoms with Crippen molar-refractivity contribution in [2.45, 2.75) is 31.1 Å². The van der Waals surface area contributed by atoms with E-state index in [0.29, 0.717) is 11.4 Å². The van der Waals surface area contributed by atoms with Crippen LogP contribution in [-0.2, 0) is 10.5 Å². The van der Waals surface area contributed by atoms with Crippen LogP contribution in [0.15, 0.2) is 35.3 Å².